The van der Waals surface area contributed by atoms with Gasteiger partial charge in [-0.25, -0.2) is 0 Å². The average Bonchev–Trinajstić information content (AvgIpc) is 2.41. The third kappa shape index (κ3) is 4.50. The zero-order chi connectivity index (χ0) is 13.7. The highest BCUT2D eigenvalue weighted by Gasteiger charge is 2.24. The molecule has 0 unspecified atom stereocenters. The maximum absolute atomic E-state index is 12.3. The molecule has 1 aliphatic heterocycles. The molecule has 20 heavy (non-hydrogen) atoms. The predicted octanol–water partition coefficient (Wildman–Crippen LogP) is 3.39. The number of aryl methyl sites for hydroxylation is 1. The van der Waals surface area contributed by atoms with Gasteiger partial charge in [0.2, 0.25) is 5.91 Å². The summed E-state index contributed by atoms with van der Waals surface area (Å²) in [6.45, 7) is 5.24. The van der Waals surface area contributed by atoms with E-state index in [0.29, 0.717) is 6.04 Å². The molecular formula is C16H25ClN2O. The standard InChI is InChI=1S/C16H24N2O.ClH/c1-3-6-13-7-4-5-8-15(13)18-16(19)14-9-10-17-12(2)11-14;/h4-5,7-8,12,14,17H,3,6,9-11H2,1-2H3,(H,18,19);1H/t12-,14-;/m0./s1. The van der Waals surface area contributed by atoms with Crippen molar-refractivity contribution in [3.63, 3.8) is 0 Å². The van der Waals surface area contributed by atoms with E-state index in [-0.39, 0.29) is 24.2 Å². The highest BCUT2D eigenvalue weighted by Crippen LogP contribution is 2.21. The second kappa shape index (κ2) is 8.28. The SMILES string of the molecule is CCCc1ccccc1NC(=O)[C@H]1CCN[C@@H](C)C1.Cl. The maximum atomic E-state index is 12.3. The Labute approximate surface area is 127 Å². The van der Waals surface area contributed by atoms with Crippen molar-refractivity contribution in [3.05, 3.63) is 29.8 Å². The Morgan fingerprint density at radius 3 is 2.85 bits per heavy atom. The fourth-order valence-corrected chi connectivity index (χ4v) is 2.73. The number of hydrogen-bond acceptors (Lipinski definition) is 2. The summed E-state index contributed by atoms with van der Waals surface area (Å²) in [4.78, 5) is 12.3. The van der Waals surface area contributed by atoms with Gasteiger partial charge < -0.3 is 10.6 Å². The van der Waals surface area contributed by atoms with Gasteiger partial charge in [0.1, 0.15) is 0 Å². The quantitative estimate of drug-likeness (QED) is 0.894. The van der Waals surface area contributed by atoms with Crippen LogP contribution in [0.25, 0.3) is 0 Å². The van der Waals surface area contributed by atoms with Crippen LogP contribution in [0, 0.1) is 5.92 Å². The maximum Gasteiger partial charge on any atom is 0.227 e. The Balaban J connectivity index is 0.00000200. The number of piperidine rings is 1. The molecule has 1 heterocycles. The number of carbonyl (C=O) groups is 1. The number of para-hydroxylation sites is 1. The molecule has 1 aliphatic rings. The van der Waals surface area contributed by atoms with Gasteiger partial charge >= 0.3 is 0 Å². The van der Waals surface area contributed by atoms with Crippen LogP contribution in [0.2, 0.25) is 0 Å². The van der Waals surface area contributed by atoms with Gasteiger partial charge in [-0.1, -0.05) is 31.5 Å². The van der Waals surface area contributed by atoms with Gasteiger partial charge in [0.15, 0.2) is 0 Å². The largest absolute Gasteiger partial charge is 0.326 e. The minimum absolute atomic E-state index is 0. The molecule has 0 saturated carbocycles. The summed E-state index contributed by atoms with van der Waals surface area (Å²) < 4.78 is 0. The molecule has 3 nitrogen and oxygen atoms in total. The van der Waals surface area contributed by atoms with Gasteiger partial charge in [0.05, 0.1) is 0 Å². The molecule has 0 aromatic heterocycles. The summed E-state index contributed by atoms with van der Waals surface area (Å²) in [5.74, 6) is 0.322. The summed E-state index contributed by atoms with van der Waals surface area (Å²) in [6.07, 6.45) is 3.98. The number of halogens is 1. The molecule has 0 radical (unpaired) electrons. The minimum atomic E-state index is 0. The highest BCUT2D eigenvalue weighted by molar-refractivity contribution is 5.93. The lowest BCUT2D eigenvalue weighted by Gasteiger charge is -2.27. The van der Waals surface area contributed by atoms with Crippen molar-refractivity contribution in [3.8, 4) is 0 Å². The van der Waals surface area contributed by atoms with E-state index in [0.717, 1.165) is 37.9 Å². The molecule has 2 rings (SSSR count). The normalized spacial score (nSPS) is 21.9. The number of nitrogens with one attached hydrogen (secondary N) is 2. The Morgan fingerprint density at radius 1 is 1.40 bits per heavy atom. The number of hydrogen-bond donors (Lipinski definition) is 2. The molecular weight excluding hydrogens is 272 g/mol. The summed E-state index contributed by atoms with van der Waals surface area (Å²) in [6, 6.07) is 8.57. The van der Waals surface area contributed by atoms with Crippen molar-refractivity contribution >= 4 is 24.0 Å². The van der Waals surface area contributed by atoms with Crippen molar-refractivity contribution in [2.75, 3.05) is 11.9 Å². The van der Waals surface area contributed by atoms with Crippen LogP contribution in [0.4, 0.5) is 5.69 Å². The van der Waals surface area contributed by atoms with Crippen molar-refractivity contribution in [1.29, 1.82) is 0 Å². The Kier molecular flexibility index (Phi) is 7.03. The van der Waals surface area contributed by atoms with Gasteiger partial charge in [-0.2, -0.15) is 0 Å². The van der Waals surface area contributed by atoms with Crippen molar-refractivity contribution in [1.82, 2.24) is 5.32 Å². The monoisotopic (exact) mass is 296 g/mol. The van der Waals surface area contributed by atoms with E-state index in [4.69, 9.17) is 0 Å². The van der Waals surface area contributed by atoms with Gasteiger partial charge in [0, 0.05) is 17.6 Å². The van der Waals surface area contributed by atoms with Gasteiger partial charge in [0.25, 0.3) is 0 Å². The summed E-state index contributed by atoms with van der Waals surface area (Å²) in [5.41, 5.74) is 2.22. The third-order valence-electron chi connectivity index (χ3n) is 3.79. The lowest BCUT2D eigenvalue weighted by atomic mass is 9.92. The molecule has 0 bridgehead atoms. The fourth-order valence-electron chi connectivity index (χ4n) is 2.73. The Hall–Kier alpha value is -1.06. The topological polar surface area (TPSA) is 41.1 Å². The summed E-state index contributed by atoms with van der Waals surface area (Å²) in [7, 11) is 0. The molecule has 0 spiro atoms. The van der Waals surface area contributed by atoms with Crippen LogP contribution in [0.15, 0.2) is 24.3 Å². The summed E-state index contributed by atoms with van der Waals surface area (Å²) in [5, 5.41) is 6.50. The Bertz CT molecular complexity index is 436. The molecule has 1 fully saturated rings. The van der Waals surface area contributed by atoms with E-state index in [2.05, 4.69) is 30.5 Å². The van der Waals surface area contributed by atoms with Crippen LogP contribution in [0.1, 0.15) is 38.7 Å². The van der Waals surface area contributed by atoms with Gasteiger partial charge in [-0.3, -0.25) is 4.79 Å². The van der Waals surface area contributed by atoms with E-state index in [9.17, 15) is 4.79 Å². The van der Waals surface area contributed by atoms with Crippen LogP contribution in [0.5, 0.6) is 0 Å². The van der Waals surface area contributed by atoms with E-state index in [1.165, 1.54) is 5.56 Å². The predicted molar refractivity (Wildman–Crippen MR) is 86.5 cm³/mol. The molecule has 1 saturated heterocycles. The van der Waals surface area contributed by atoms with Gasteiger partial charge in [-0.05, 0) is 44.4 Å². The van der Waals surface area contributed by atoms with E-state index in [1.54, 1.807) is 0 Å². The average molecular weight is 297 g/mol. The first-order valence-corrected chi connectivity index (χ1v) is 7.33. The van der Waals surface area contributed by atoms with Crippen LogP contribution in [-0.2, 0) is 11.2 Å². The van der Waals surface area contributed by atoms with Crippen molar-refractivity contribution in [2.24, 2.45) is 5.92 Å². The van der Waals surface area contributed by atoms with E-state index >= 15 is 0 Å². The molecule has 1 aromatic rings. The summed E-state index contributed by atoms with van der Waals surface area (Å²) >= 11 is 0. The van der Waals surface area contributed by atoms with Crippen molar-refractivity contribution in [2.45, 2.75) is 45.6 Å². The Morgan fingerprint density at radius 2 is 2.15 bits per heavy atom. The fraction of sp³-hybridized carbons (Fsp3) is 0.562. The number of rotatable bonds is 4. The molecule has 2 N–H and O–H groups in total. The van der Waals surface area contributed by atoms with Gasteiger partial charge in [-0.15, -0.1) is 12.4 Å². The number of anilines is 1. The van der Waals surface area contributed by atoms with Crippen LogP contribution >= 0.6 is 12.4 Å². The van der Waals surface area contributed by atoms with Crippen LogP contribution in [0.3, 0.4) is 0 Å². The smallest absolute Gasteiger partial charge is 0.227 e. The first-order valence-electron chi connectivity index (χ1n) is 7.33. The molecule has 1 amide bonds. The molecule has 2 atom stereocenters. The van der Waals surface area contributed by atoms with Crippen LogP contribution < -0.4 is 10.6 Å². The number of benzene rings is 1. The second-order valence-electron chi connectivity index (χ2n) is 5.47. The lowest BCUT2D eigenvalue weighted by Crippen LogP contribution is -2.40. The van der Waals surface area contributed by atoms with E-state index < -0.39 is 0 Å². The van der Waals surface area contributed by atoms with E-state index in [1.807, 2.05) is 18.2 Å². The zero-order valence-corrected chi connectivity index (χ0v) is 13.1. The molecule has 4 heteroatoms. The highest BCUT2D eigenvalue weighted by atomic mass is 35.5. The second-order valence-corrected chi connectivity index (χ2v) is 5.47. The number of amides is 1. The lowest BCUT2D eigenvalue weighted by molar-refractivity contribution is -0.120. The molecule has 1 aromatic carbocycles. The van der Waals surface area contributed by atoms with Crippen LogP contribution in [-0.4, -0.2) is 18.5 Å². The third-order valence-corrected chi connectivity index (χ3v) is 3.79. The number of carbonyl (C=O) groups excluding carboxylic acids is 1. The zero-order valence-electron chi connectivity index (χ0n) is 12.3. The molecule has 112 valence electrons. The first kappa shape index (κ1) is 17.0. The molecule has 0 aliphatic carbocycles. The first-order chi connectivity index (χ1) is 9.20. The minimum Gasteiger partial charge on any atom is -0.326 e. The van der Waals surface area contributed by atoms with Crippen molar-refractivity contribution < 1.29 is 4.79 Å².